The van der Waals surface area contributed by atoms with Gasteiger partial charge in [0.25, 0.3) is 0 Å². The molecule has 0 fully saturated rings. The summed E-state index contributed by atoms with van der Waals surface area (Å²) in [6, 6.07) is 20.7. The monoisotopic (exact) mass is 362 g/mol. The maximum absolute atomic E-state index is 4.90. The molecule has 0 spiro atoms. The highest BCUT2D eigenvalue weighted by Gasteiger charge is 2.30. The van der Waals surface area contributed by atoms with Crippen molar-refractivity contribution in [3.63, 3.8) is 0 Å². The molecule has 0 N–H and O–H groups in total. The molecule has 0 aliphatic carbocycles. The quantitative estimate of drug-likeness (QED) is 0.428. The topological polar surface area (TPSA) is 25.8 Å². The van der Waals surface area contributed by atoms with Crippen LogP contribution in [-0.4, -0.2) is 9.97 Å². The molecular weight excluding hydrogens is 344 g/mol. The van der Waals surface area contributed by atoms with Crippen LogP contribution in [0.15, 0.2) is 71.4 Å². The minimum atomic E-state index is -0.199. The zero-order chi connectivity index (χ0) is 17.3. The molecule has 124 valence electrons. The predicted molar refractivity (Wildman–Crippen MR) is 107 cm³/mol. The molecule has 2 heterocycles. The van der Waals surface area contributed by atoms with Gasteiger partial charge in [-0.1, -0.05) is 60.7 Å². The number of hydrogen-bond donors (Lipinski definition) is 0. The second-order valence-corrected chi connectivity index (χ2v) is 8.15. The Hall–Kier alpha value is -2.30. The van der Waals surface area contributed by atoms with Gasteiger partial charge in [-0.3, -0.25) is 0 Å². The summed E-state index contributed by atoms with van der Waals surface area (Å²) in [7, 11) is 0. The largest absolute Gasteiger partial charge is 0.240 e. The van der Waals surface area contributed by atoms with Crippen LogP contribution in [0, 0.1) is 0 Å². The van der Waals surface area contributed by atoms with Gasteiger partial charge in [-0.15, -0.1) is 22.7 Å². The number of benzene rings is 2. The van der Waals surface area contributed by atoms with Crippen LogP contribution in [0.5, 0.6) is 0 Å². The van der Waals surface area contributed by atoms with E-state index in [-0.39, 0.29) is 5.41 Å². The maximum Gasteiger partial charge on any atom is 0.106 e. The molecule has 2 nitrogen and oxygen atoms in total. The summed E-state index contributed by atoms with van der Waals surface area (Å²) < 4.78 is 0. The van der Waals surface area contributed by atoms with E-state index in [0.717, 1.165) is 32.5 Å². The highest BCUT2D eigenvalue weighted by molar-refractivity contribution is 7.11. The van der Waals surface area contributed by atoms with Gasteiger partial charge in [-0.05, 0) is 13.8 Å². The number of aromatic nitrogens is 2. The van der Waals surface area contributed by atoms with Gasteiger partial charge in [0, 0.05) is 21.9 Å². The summed E-state index contributed by atoms with van der Waals surface area (Å²) in [5, 5.41) is 6.47. The predicted octanol–water partition coefficient (Wildman–Crippen LogP) is 6.26. The average Bonchev–Trinajstić information content (AvgIpc) is 3.34. The fourth-order valence-electron chi connectivity index (χ4n) is 2.70. The Bertz CT molecular complexity index is 890. The van der Waals surface area contributed by atoms with Crippen LogP contribution in [0.4, 0.5) is 0 Å². The van der Waals surface area contributed by atoms with Crippen LogP contribution in [-0.2, 0) is 5.41 Å². The Morgan fingerprint density at radius 2 is 1.04 bits per heavy atom. The Kier molecular flexibility index (Phi) is 4.24. The molecule has 0 atom stereocenters. The molecule has 0 aliphatic rings. The Morgan fingerprint density at radius 1 is 0.640 bits per heavy atom. The third kappa shape index (κ3) is 3.15. The minimum Gasteiger partial charge on any atom is -0.240 e. The molecule has 0 aliphatic heterocycles. The van der Waals surface area contributed by atoms with E-state index >= 15 is 0 Å². The molecule has 0 saturated heterocycles. The average molecular weight is 363 g/mol. The van der Waals surface area contributed by atoms with Crippen molar-refractivity contribution in [1.82, 2.24) is 9.97 Å². The molecule has 4 heteroatoms. The number of nitrogens with zero attached hydrogens (tertiary/aromatic N) is 2. The van der Waals surface area contributed by atoms with Crippen molar-refractivity contribution < 1.29 is 0 Å². The summed E-state index contributed by atoms with van der Waals surface area (Å²) in [5.74, 6) is 0. The lowest BCUT2D eigenvalue weighted by Gasteiger charge is -2.18. The lowest BCUT2D eigenvalue weighted by atomic mass is 9.95. The summed E-state index contributed by atoms with van der Waals surface area (Å²) in [6.45, 7) is 4.41. The van der Waals surface area contributed by atoms with Crippen LogP contribution in [0.3, 0.4) is 0 Å². The first kappa shape index (κ1) is 16.2. The SMILES string of the molecule is CC(C)(c1nc(-c2ccccc2)cs1)c1nc(-c2ccccc2)cs1. The van der Waals surface area contributed by atoms with E-state index in [1.165, 1.54) is 0 Å². The van der Waals surface area contributed by atoms with Crippen molar-refractivity contribution in [2.24, 2.45) is 0 Å². The molecule has 0 amide bonds. The molecule has 25 heavy (non-hydrogen) atoms. The van der Waals surface area contributed by atoms with Crippen LogP contribution >= 0.6 is 22.7 Å². The second kappa shape index (κ2) is 6.54. The first-order valence-electron chi connectivity index (χ1n) is 8.17. The molecule has 0 saturated carbocycles. The van der Waals surface area contributed by atoms with Gasteiger partial charge in [0.2, 0.25) is 0 Å². The fraction of sp³-hybridized carbons (Fsp3) is 0.143. The minimum absolute atomic E-state index is 0.199. The van der Waals surface area contributed by atoms with Crippen LogP contribution in [0.25, 0.3) is 22.5 Å². The van der Waals surface area contributed by atoms with E-state index in [1.807, 2.05) is 36.4 Å². The number of rotatable bonds is 4. The van der Waals surface area contributed by atoms with E-state index in [1.54, 1.807) is 22.7 Å². The second-order valence-electron chi connectivity index (χ2n) is 6.43. The van der Waals surface area contributed by atoms with Gasteiger partial charge in [0.15, 0.2) is 0 Å². The van der Waals surface area contributed by atoms with Gasteiger partial charge in [0.05, 0.1) is 16.8 Å². The first-order valence-corrected chi connectivity index (χ1v) is 9.93. The van der Waals surface area contributed by atoms with Crippen molar-refractivity contribution in [3.8, 4) is 22.5 Å². The highest BCUT2D eigenvalue weighted by atomic mass is 32.1. The lowest BCUT2D eigenvalue weighted by Crippen LogP contribution is -2.18. The van der Waals surface area contributed by atoms with Crippen molar-refractivity contribution in [2.75, 3.05) is 0 Å². The molecule has 4 aromatic rings. The zero-order valence-electron chi connectivity index (χ0n) is 14.1. The summed E-state index contributed by atoms with van der Waals surface area (Å²) in [6.07, 6.45) is 0. The molecular formula is C21H18N2S2. The molecule has 0 unspecified atom stereocenters. The Morgan fingerprint density at radius 3 is 1.44 bits per heavy atom. The molecule has 2 aromatic heterocycles. The van der Waals surface area contributed by atoms with E-state index in [4.69, 9.17) is 9.97 Å². The van der Waals surface area contributed by atoms with Crippen LogP contribution in [0.1, 0.15) is 23.9 Å². The van der Waals surface area contributed by atoms with E-state index in [0.29, 0.717) is 0 Å². The van der Waals surface area contributed by atoms with Crippen LogP contribution < -0.4 is 0 Å². The van der Waals surface area contributed by atoms with Crippen molar-refractivity contribution in [2.45, 2.75) is 19.3 Å². The highest BCUT2D eigenvalue weighted by Crippen LogP contribution is 2.38. The summed E-state index contributed by atoms with van der Waals surface area (Å²) >= 11 is 3.41. The third-order valence-electron chi connectivity index (χ3n) is 4.22. The maximum atomic E-state index is 4.90. The Labute approximate surface area is 155 Å². The standard InChI is InChI=1S/C21H18N2S2/c1-21(2,19-22-17(13-24-19)15-9-5-3-6-10-15)20-23-18(14-25-20)16-11-7-4-8-12-16/h3-14H,1-2H3. The Balaban J connectivity index is 1.66. The summed E-state index contributed by atoms with van der Waals surface area (Å²) in [5.41, 5.74) is 4.19. The van der Waals surface area contributed by atoms with Gasteiger partial charge < -0.3 is 0 Å². The van der Waals surface area contributed by atoms with Crippen molar-refractivity contribution in [3.05, 3.63) is 81.4 Å². The smallest absolute Gasteiger partial charge is 0.106 e. The van der Waals surface area contributed by atoms with Gasteiger partial charge in [0.1, 0.15) is 10.0 Å². The molecule has 0 bridgehead atoms. The first-order chi connectivity index (χ1) is 12.1. The normalized spacial score (nSPS) is 11.6. The third-order valence-corrected chi connectivity index (χ3v) is 6.55. The number of thiazole rings is 2. The number of hydrogen-bond acceptors (Lipinski definition) is 4. The van der Waals surface area contributed by atoms with Gasteiger partial charge in [-0.2, -0.15) is 0 Å². The summed E-state index contributed by atoms with van der Waals surface area (Å²) in [4.78, 5) is 9.79. The zero-order valence-corrected chi connectivity index (χ0v) is 15.8. The van der Waals surface area contributed by atoms with E-state index in [2.05, 4.69) is 48.9 Å². The molecule has 4 rings (SSSR count). The van der Waals surface area contributed by atoms with Gasteiger partial charge in [-0.25, -0.2) is 9.97 Å². The van der Waals surface area contributed by atoms with Crippen molar-refractivity contribution >= 4 is 22.7 Å². The van der Waals surface area contributed by atoms with Crippen molar-refractivity contribution in [1.29, 1.82) is 0 Å². The van der Waals surface area contributed by atoms with Crippen LogP contribution in [0.2, 0.25) is 0 Å². The lowest BCUT2D eigenvalue weighted by molar-refractivity contribution is 0.630. The van der Waals surface area contributed by atoms with E-state index < -0.39 is 0 Å². The van der Waals surface area contributed by atoms with E-state index in [9.17, 15) is 0 Å². The molecule has 0 radical (unpaired) electrons. The molecule has 2 aromatic carbocycles. The fourth-order valence-corrected chi connectivity index (χ4v) is 4.67. The van der Waals surface area contributed by atoms with Gasteiger partial charge >= 0.3 is 0 Å².